The van der Waals surface area contributed by atoms with Gasteiger partial charge in [0.2, 0.25) is 0 Å². The molecular formula is C25H25NO7S. The normalized spacial score (nSPS) is 30.6. The molecule has 0 spiro atoms. The molecule has 6 atom stereocenters. The van der Waals surface area contributed by atoms with Crippen molar-refractivity contribution in [3.63, 3.8) is 0 Å². The number of ether oxygens (including phenoxy) is 4. The number of hydrogen-bond acceptors (Lipinski definition) is 8. The van der Waals surface area contributed by atoms with Crippen LogP contribution in [0.2, 0.25) is 0 Å². The number of benzene rings is 2. The van der Waals surface area contributed by atoms with E-state index in [9.17, 15) is 14.4 Å². The lowest BCUT2D eigenvalue weighted by molar-refractivity contribution is -0.311. The highest BCUT2D eigenvalue weighted by molar-refractivity contribution is 7.99. The molecule has 3 aliphatic rings. The van der Waals surface area contributed by atoms with Crippen LogP contribution in [-0.4, -0.2) is 64.8 Å². The number of esters is 1. The van der Waals surface area contributed by atoms with Crippen LogP contribution in [0.5, 0.6) is 0 Å². The van der Waals surface area contributed by atoms with Gasteiger partial charge in [-0.3, -0.25) is 19.3 Å². The third kappa shape index (κ3) is 4.02. The fourth-order valence-electron chi connectivity index (χ4n) is 4.72. The van der Waals surface area contributed by atoms with Gasteiger partial charge in [-0.2, -0.15) is 0 Å². The lowest BCUT2D eigenvalue weighted by Gasteiger charge is -2.50. The summed E-state index contributed by atoms with van der Waals surface area (Å²) in [5.41, 5.74) is 0.848. The van der Waals surface area contributed by atoms with Crippen molar-refractivity contribution in [3.05, 3.63) is 71.3 Å². The zero-order valence-electron chi connectivity index (χ0n) is 18.8. The van der Waals surface area contributed by atoms with Crippen LogP contribution < -0.4 is 0 Å². The Kier molecular flexibility index (Phi) is 6.44. The second-order valence-corrected chi connectivity index (χ2v) is 9.64. The lowest BCUT2D eigenvalue weighted by atomic mass is 9.95. The Morgan fingerprint density at radius 3 is 2.29 bits per heavy atom. The predicted molar refractivity (Wildman–Crippen MR) is 123 cm³/mol. The predicted octanol–water partition coefficient (Wildman–Crippen LogP) is 3.18. The number of carbonyl (C=O) groups is 3. The first-order valence-corrected chi connectivity index (χ1v) is 12.3. The van der Waals surface area contributed by atoms with Gasteiger partial charge in [0.05, 0.1) is 17.7 Å². The third-order valence-electron chi connectivity index (χ3n) is 6.14. The van der Waals surface area contributed by atoms with Gasteiger partial charge in [-0.15, -0.1) is 11.8 Å². The zero-order chi connectivity index (χ0) is 23.8. The summed E-state index contributed by atoms with van der Waals surface area (Å²) >= 11 is 1.44. The van der Waals surface area contributed by atoms with Crippen LogP contribution in [0.25, 0.3) is 0 Å². The van der Waals surface area contributed by atoms with Crippen molar-refractivity contribution >= 4 is 29.5 Å². The number of imide groups is 1. The van der Waals surface area contributed by atoms with E-state index in [2.05, 4.69) is 0 Å². The first kappa shape index (κ1) is 23.0. The van der Waals surface area contributed by atoms with Gasteiger partial charge in [-0.1, -0.05) is 49.4 Å². The molecule has 0 aromatic heterocycles. The summed E-state index contributed by atoms with van der Waals surface area (Å²) in [5, 5.41) is 0. The van der Waals surface area contributed by atoms with Gasteiger partial charge in [0.25, 0.3) is 11.8 Å². The Labute approximate surface area is 201 Å². The standard InChI is InChI=1S/C25H25NO7S/c1-3-34-25-19(26-22(28)16-11-7-8-12-17(16)23(26)29)21(31-14(2)27)20-18(32-25)13-30-24(33-20)15-9-5-4-6-10-15/h4-12,18-21,24-25H,3,13H2,1-2H3/t18-,19-,20-,21-,24?,25-/m1/s1. The molecule has 8 nitrogen and oxygen atoms in total. The van der Waals surface area contributed by atoms with Gasteiger partial charge in [0.1, 0.15) is 23.7 Å². The van der Waals surface area contributed by atoms with E-state index in [1.54, 1.807) is 24.3 Å². The molecule has 3 aliphatic heterocycles. The summed E-state index contributed by atoms with van der Waals surface area (Å²) < 4.78 is 24.3. The van der Waals surface area contributed by atoms with Gasteiger partial charge in [0.15, 0.2) is 12.4 Å². The van der Waals surface area contributed by atoms with Crippen LogP contribution in [0.1, 0.15) is 46.4 Å². The van der Waals surface area contributed by atoms with E-state index in [-0.39, 0.29) is 6.61 Å². The number of rotatable bonds is 5. The highest BCUT2D eigenvalue weighted by Gasteiger charge is 2.57. The maximum Gasteiger partial charge on any atom is 0.303 e. The van der Waals surface area contributed by atoms with E-state index >= 15 is 0 Å². The molecule has 2 fully saturated rings. The second kappa shape index (κ2) is 9.50. The van der Waals surface area contributed by atoms with Crippen LogP contribution in [0, 0.1) is 0 Å². The quantitative estimate of drug-likeness (QED) is 0.473. The summed E-state index contributed by atoms with van der Waals surface area (Å²) in [4.78, 5) is 40.1. The van der Waals surface area contributed by atoms with E-state index in [4.69, 9.17) is 18.9 Å². The molecule has 0 saturated carbocycles. The summed E-state index contributed by atoms with van der Waals surface area (Å²) in [7, 11) is 0. The summed E-state index contributed by atoms with van der Waals surface area (Å²) in [5.74, 6) is -0.724. The van der Waals surface area contributed by atoms with Gasteiger partial charge >= 0.3 is 5.97 Å². The van der Waals surface area contributed by atoms with E-state index < -0.39 is 53.9 Å². The van der Waals surface area contributed by atoms with Crippen molar-refractivity contribution in [1.82, 2.24) is 4.90 Å². The van der Waals surface area contributed by atoms with Crippen molar-refractivity contribution in [2.75, 3.05) is 12.4 Å². The molecule has 2 saturated heterocycles. The third-order valence-corrected chi connectivity index (χ3v) is 7.19. The first-order valence-electron chi connectivity index (χ1n) is 11.2. The number of amides is 2. The van der Waals surface area contributed by atoms with Crippen LogP contribution in [-0.2, 0) is 23.7 Å². The molecule has 34 heavy (non-hydrogen) atoms. The van der Waals surface area contributed by atoms with E-state index in [1.807, 2.05) is 37.3 Å². The fraction of sp³-hybridized carbons (Fsp3) is 0.400. The van der Waals surface area contributed by atoms with E-state index in [0.29, 0.717) is 16.9 Å². The molecule has 5 rings (SSSR count). The maximum absolute atomic E-state index is 13.4. The van der Waals surface area contributed by atoms with E-state index in [1.165, 1.54) is 23.6 Å². The molecule has 1 unspecified atom stereocenters. The highest BCUT2D eigenvalue weighted by Crippen LogP contribution is 2.41. The van der Waals surface area contributed by atoms with Crippen LogP contribution in [0.3, 0.4) is 0 Å². The van der Waals surface area contributed by atoms with Crippen molar-refractivity contribution < 1.29 is 33.3 Å². The van der Waals surface area contributed by atoms with Crippen molar-refractivity contribution in [2.45, 2.75) is 49.9 Å². The largest absolute Gasteiger partial charge is 0.457 e. The second-order valence-electron chi connectivity index (χ2n) is 8.27. The molecule has 9 heteroatoms. The molecule has 178 valence electrons. The van der Waals surface area contributed by atoms with Crippen molar-refractivity contribution in [3.8, 4) is 0 Å². The van der Waals surface area contributed by atoms with Gasteiger partial charge in [-0.05, 0) is 17.9 Å². The van der Waals surface area contributed by atoms with Crippen LogP contribution in [0.15, 0.2) is 54.6 Å². The highest BCUT2D eigenvalue weighted by atomic mass is 32.2. The topological polar surface area (TPSA) is 91.4 Å². The minimum Gasteiger partial charge on any atom is -0.457 e. The molecule has 0 bridgehead atoms. The van der Waals surface area contributed by atoms with Gasteiger partial charge < -0.3 is 18.9 Å². The Morgan fingerprint density at radius 1 is 1.03 bits per heavy atom. The molecule has 0 N–H and O–H groups in total. The maximum atomic E-state index is 13.4. The zero-order valence-corrected chi connectivity index (χ0v) is 19.6. The fourth-order valence-corrected chi connectivity index (χ4v) is 5.74. The van der Waals surface area contributed by atoms with Crippen LogP contribution >= 0.6 is 11.8 Å². The Morgan fingerprint density at radius 2 is 1.68 bits per heavy atom. The number of hydrogen-bond donors (Lipinski definition) is 0. The lowest BCUT2D eigenvalue weighted by Crippen LogP contribution is -2.67. The van der Waals surface area contributed by atoms with Crippen molar-refractivity contribution in [2.24, 2.45) is 0 Å². The monoisotopic (exact) mass is 483 g/mol. The molecule has 2 aromatic rings. The summed E-state index contributed by atoms with van der Waals surface area (Å²) in [6, 6.07) is 15.2. The van der Waals surface area contributed by atoms with Crippen LogP contribution in [0.4, 0.5) is 0 Å². The molecule has 2 aromatic carbocycles. The number of carbonyl (C=O) groups excluding carboxylic acids is 3. The summed E-state index contributed by atoms with van der Waals surface area (Å²) in [6.07, 6.45) is -2.87. The number of thioether (sulfide) groups is 1. The van der Waals surface area contributed by atoms with Gasteiger partial charge in [-0.25, -0.2) is 0 Å². The molecule has 0 radical (unpaired) electrons. The Balaban J connectivity index is 1.53. The molecule has 0 aliphatic carbocycles. The molecular weight excluding hydrogens is 458 g/mol. The Bertz CT molecular complexity index is 1060. The number of fused-ring (bicyclic) bond motifs is 2. The molecule has 3 heterocycles. The first-order chi connectivity index (χ1) is 16.5. The smallest absolute Gasteiger partial charge is 0.303 e. The van der Waals surface area contributed by atoms with Gasteiger partial charge in [0, 0.05) is 12.5 Å². The van der Waals surface area contributed by atoms with E-state index in [0.717, 1.165) is 5.56 Å². The minimum absolute atomic E-state index is 0.220. The average Bonchev–Trinajstić information content (AvgIpc) is 3.09. The molecule has 2 amide bonds. The average molecular weight is 484 g/mol. The Hall–Kier alpha value is -2.72. The van der Waals surface area contributed by atoms with Crippen molar-refractivity contribution in [1.29, 1.82) is 0 Å². The SMILES string of the molecule is CCS[C@H]1O[C@@H]2COC(c3ccccc3)O[C@H]2[C@H](OC(C)=O)[C@H]1N1C(=O)c2ccccc2C1=O. The summed E-state index contributed by atoms with van der Waals surface area (Å²) in [6.45, 7) is 3.48. The number of nitrogens with zero attached hydrogens (tertiary/aromatic N) is 1. The minimum atomic E-state index is -0.919.